The minimum absolute atomic E-state index is 0.557. The average Bonchev–Trinajstić information content (AvgIpc) is 2.90. The van der Waals surface area contributed by atoms with Crippen LogP contribution in [0.25, 0.3) is 0 Å². The van der Waals surface area contributed by atoms with Gasteiger partial charge in [-0.25, -0.2) is 8.78 Å². The van der Waals surface area contributed by atoms with Crippen LogP contribution in [0.1, 0.15) is 41.0 Å². The van der Waals surface area contributed by atoms with E-state index < -0.39 is 12.3 Å². The van der Waals surface area contributed by atoms with Crippen LogP contribution in [0.3, 0.4) is 0 Å². The van der Waals surface area contributed by atoms with Gasteiger partial charge in [0, 0.05) is 18.7 Å². The van der Waals surface area contributed by atoms with Crippen molar-refractivity contribution in [2.24, 2.45) is 0 Å². The second kappa shape index (κ2) is 3.97. The van der Waals surface area contributed by atoms with Crippen LogP contribution in [0.5, 0.6) is 0 Å². The second-order valence-corrected chi connectivity index (χ2v) is 5.05. The van der Waals surface area contributed by atoms with E-state index in [1.54, 1.807) is 0 Å². The number of anilines is 1. The molecule has 0 saturated heterocycles. The molecule has 2 aliphatic rings. The maximum Gasteiger partial charge on any atom is 0.245 e. The van der Waals surface area contributed by atoms with E-state index in [4.69, 9.17) is 0 Å². The standard InChI is InChI=1S/C14H17F2N/c1-17-13-10-4-2-3-8(10)7-9-5-6-11(12(9)13)14(15)16/h7,11,14,17H,2-6H2,1H3. The summed E-state index contributed by atoms with van der Waals surface area (Å²) in [4.78, 5) is 0. The fourth-order valence-electron chi connectivity index (χ4n) is 3.45. The van der Waals surface area contributed by atoms with E-state index in [1.807, 2.05) is 7.05 Å². The van der Waals surface area contributed by atoms with E-state index in [-0.39, 0.29) is 0 Å². The molecule has 0 aliphatic heterocycles. The first-order valence-electron chi connectivity index (χ1n) is 6.35. The van der Waals surface area contributed by atoms with Crippen molar-refractivity contribution in [1.29, 1.82) is 0 Å². The maximum absolute atomic E-state index is 13.1. The SMILES string of the molecule is CNc1c2c(cc3c1C(C(F)F)CC3)CCC2. The number of hydrogen-bond acceptors (Lipinski definition) is 1. The van der Waals surface area contributed by atoms with Crippen LogP contribution < -0.4 is 5.32 Å². The molecule has 0 saturated carbocycles. The van der Waals surface area contributed by atoms with Gasteiger partial charge in [-0.2, -0.15) is 0 Å². The molecule has 0 aromatic heterocycles. The number of halogens is 2. The molecule has 1 atom stereocenters. The molecule has 0 spiro atoms. The fraction of sp³-hybridized carbons (Fsp3) is 0.571. The summed E-state index contributed by atoms with van der Waals surface area (Å²) >= 11 is 0. The second-order valence-electron chi connectivity index (χ2n) is 5.05. The molecule has 1 aromatic carbocycles. The third-order valence-corrected chi connectivity index (χ3v) is 4.18. The Labute approximate surface area is 100 Å². The highest BCUT2D eigenvalue weighted by Gasteiger charge is 2.34. The Bertz CT molecular complexity index is 454. The van der Waals surface area contributed by atoms with Crippen LogP contribution in [0.15, 0.2) is 6.07 Å². The third-order valence-electron chi connectivity index (χ3n) is 4.18. The molecule has 1 N–H and O–H groups in total. The number of aryl methyl sites for hydroxylation is 2. The summed E-state index contributed by atoms with van der Waals surface area (Å²) in [7, 11) is 1.86. The van der Waals surface area contributed by atoms with Crippen molar-refractivity contribution in [3.05, 3.63) is 28.3 Å². The zero-order valence-electron chi connectivity index (χ0n) is 10.0. The van der Waals surface area contributed by atoms with E-state index >= 15 is 0 Å². The number of hydrogen-bond donors (Lipinski definition) is 1. The molecule has 0 amide bonds. The quantitative estimate of drug-likeness (QED) is 0.830. The van der Waals surface area contributed by atoms with Crippen molar-refractivity contribution in [3.63, 3.8) is 0 Å². The predicted octanol–water partition coefficient (Wildman–Crippen LogP) is 3.51. The zero-order valence-corrected chi connectivity index (χ0v) is 10.0. The van der Waals surface area contributed by atoms with Crippen molar-refractivity contribution in [2.45, 2.75) is 44.4 Å². The lowest BCUT2D eigenvalue weighted by molar-refractivity contribution is 0.114. The Morgan fingerprint density at radius 1 is 1.24 bits per heavy atom. The van der Waals surface area contributed by atoms with Gasteiger partial charge in [0.05, 0.1) is 0 Å². The normalized spacial score (nSPS) is 21.8. The van der Waals surface area contributed by atoms with Gasteiger partial charge in [0.25, 0.3) is 0 Å². The van der Waals surface area contributed by atoms with Gasteiger partial charge in [0.1, 0.15) is 0 Å². The topological polar surface area (TPSA) is 12.0 Å². The van der Waals surface area contributed by atoms with Crippen molar-refractivity contribution in [1.82, 2.24) is 0 Å². The monoisotopic (exact) mass is 237 g/mol. The molecule has 2 aliphatic carbocycles. The van der Waals surface area contributed by atoms with Gasteiger partial charge >= 0.3 is 0 Å². The third kappa shape index (κ3) is 1.55. The van der Waals surface area contributed by atoms with Crippen molar-refractivity contribution in [2.75, 3.05) is 12.4 Å². The van der Waals surface area contributed by atoms with Crippen LogP contribution in [0.4, 0.5) is 14.5 Å². The van der Waals surface area contributed by atoms with E-state index in [1.165, 1.54) is 11.1 Å². The highest BCUT2D eigenvalue weighted by molar-refractivity contribution is 5.67. The Kier molecular flexibility index (Phi) is 2.57. The molecule has 1 unspecified atom stereocenters. The van der Waals surface area contributed by atoms with E-state index in [0.29, 0.717) is 6.42 Å². The lowest BCUT2D eigenvalue weighted by Crippen LogP contribution is -2.09. The molecule has 92 valence electrons. The molecule has 0 bridgehead atoms. The molecule has 3 rings (SSSR count). The van der Waals surface area contributed by atoms with E-state index in [2.05, 4.69) is 11.4 Å². The molecule has 0 fully saturated rings. The number of fused-ring (bicyclic) bond motifs is 2. The van der Waals surface area contributed by atoms with Gasteiger partial charge in [-0.05, 0) is 54.4 Å². The minimum atomic E-state index is -2.23. The Balaban J connectivity index is 2.17. The average molecular weight is 237 g/mol. The Hall–Kier alpha value is -1.12. The molecular weight excluding hydrogens is 220 g/mol. The lowest BCUT2D eigenvalue weighted by atomic mass is 9.94. The summed E-state index contributed by atoms with van der Waals surface area (Å²) in [6.07, 6.45) is 2.48. The minimum Gasteiger partial charge on any atom is -0.388 e. The van der Waals surface area contributed by atoms with Gasteiger partial charge in [-0.1, -0.05) is 6.07 Å². The lowest BCUT2D eigenvalue weighted by Gasteiger charge is -2.18. The van der Waals surface area contributed by atoms with Crippen LogP contribution in [0.2, 0.25) is 0 Å². The number of benzene rings is 1. The molecule has 3 heteroatoms. The summed E-state index contributed by atoms with van der Waals surface area (Å²) in [5, 5.41) is 3.18. The largest absolute Gasteiger partial charge is 0.388 e. The predicted molar refractivity (Wildman–Crippen MR) is 65.1 cm³/mol. The number of alkyl halides is 2. The van der Waals surface area contributed by atoms with E-state index in [0.717, 1.165) is 42.5 Å². The first kappa shape index (κ1) is 11.0. The fourth-order valence-corrected chi connectivity index (χ4v) is 3.45. The first-order chi connectivity index (χ1) is 8.22. The molecule has 1 nitrogen and oxygen atoms in total. The van der Waals surface area contributed by atoms with Gasteiger partial charge < -0.3 is 5.32 Å². The molecule has 0 radical (unpaired) electrons. The molecular formula is C14H17F2N. The Morgan fingerprint density at radius 3 is 2.76 bits per heavy atom. The van der Waals surface area contributed by atoms with Crippen LogP contribution in [-0.4, -0.2) is 13.5 Å². The van der Waals surface area contributed by atoms with Crippen molar-refractivity contribution in [3.8, 4) is 0 Å². The van der Waals surface area contributed by atoms with Gasteiger partial charge in [-0.15, -0.1) is 0 Å². The number of rotatable bonds is 2. The molecule has 1 aromatic rings. The van der Waals surface area contributed by atoms with Gasteiger partial charge in [-0.3, -0.25) is 0 Å². The Morgan fingerprint density at radius 2 is 2.06 bits per heavy atom. The smallest absolute Gasteiger partial charge is 0.245 e. The van der Waals surface area contributed by atoms with Crippen molar-refractivity contribution >= 4 is 5.69 Å². The number of nitrogens with one attached hydrogen (secondary N) is 1. The molecule has 17 heavy (non-hydrogen) atoms. The summed E-state index contributed by atoms with van der Waals surface area (Å²) in [6, 6.07) is 2.18. The van der Waals surface area contributed by atoms with Crippen molar-refractivity contribution < 1.29 is 8.78 Å². The highest BCUT2D eigenvalue weighted by atomic mass is 19.3. The molecule has 0 heterocycles. The highest BCUT2D eigenvalue weighted by Crippen LogP contribution is 2.45. The summed E-state index contributed by atoms with van der Waals surface area (Å²) in [5.41, 5.74) is 5.74. The van der Waals surface area contributed by atoms with Gasteiger partial charge in [0.2, 0.25) is 6.43 Å². The first-order valence-corrected chi connectivity index (χ1v) is 6.35. The maximum atomic E-state index is 13.1. The van der Waals surface area contributed by atoms with Crippen LogP contribution >= 0.6 is 0 Å². The summed E-state index contributed by atoms with van der Waals surface area (Å²) in [6.45, 7) is 0. The summed E-state index contributed by atoms with van der Waals surface area (Å²) < 4.78 is 26.1. The zero-order chi connectivity index (χ0) is 12.0. The van der Waals surface area contributed by atoms with Gasteiger partial charge in [0.15, 0.2) is 0 Å². The summed E-state index contributed by atoms with van der Waals surface area (Å²) in [5.74, 6) is -0.557. The van der Waals surface area contributed by atoms with E-state index in [9.17, 15) is 8.78 Å². The van der Waals surface area contributed by atoms with Crippen LogP contribution in [0, 0.1) is 0 Å². The van der Waals surface area contributed by atoms with Crippen LogP contribution in [-0.2, 0) is 19.3 Å².